The van der Waals surface area contributed by atoms with Gasteiger partial charge >= 0.3 is 12.3 Å². The van der Waals surface area contributed by atoms with Crippen LogP contribution in [0.25, 0.3) is 0 Å². The Balaban J connectivity index is 2.75. The molecule has 0 aliphatic rings. The quantitative estimate of drug-likeness (QED) is 0.668. The van der Waals surface area contributed by atoms with Crippen LogP contribution >= 0.6 is 11.8 Å². The molecule has 0 aliphatic carbocycles. The van der Waals surface area contributed by atoms with Gasteiger partial charge in [0, 0.05) is 11.4 Å². The van der Waals surface area contributed by atoms with Gasteiger partial charge in [-0.2, -0.15) is 0 Å². The zero-order chi connectivity index (χ0) is 14.6. The van der Waals surface area contributed by atoms with Gasteiger partial charge in [0.2, 0.25) is 0 Å². The van der Waals surface area contributed by atoms with Gasteiger partial charge in [-0.05, 0) is 25.5 Å². The van der Waals surface area contributed by atoms with Crippen LogP contribution in [0.1, 0.15) is 21.6 Å². The number of hydrogen-bond acceptors (Lipinski definition) is 4. The van der Waals surface area contributed by atoms with Crippen molar-refractivity contribution in [3.8, 4) is 0 Å². The van der Waals surface area contributed by atoms with Crippen molar-refractivity contribution in [2.45, 2.75) is 25.2 Å². The Morgan fingerprint density at radius 2 is 2.11 bits per heavy atom. The fraction of sp³-hybridized carbons (Fsp3) is 0.455. The van der Waals surface area contributed by atoms with E-state index >= 15 is 0 Å². The fourth-order valence-electron chi connectivity index (χ4n) is 1.46. The first-order chi connectivity index (χ1) is 8.70. The molecule has 0 saturated heterocycles. The molecule has 1 aromatic heterocycles. The molecule has 0 unspecified atom stereocenters. The fourth-order valence-corrected chi connectivity index (χ4v) is 2.42. The van der Waals surface area contributed by atoms with Crippen LogP contribution in [-0.4, -0.2) is 34.8 Å². The number of ether oxygens (including phenoxy) is 1. The van der Waals surface area contributed by atoms with Gasteiger partial charge in [0.15, 0.2) is 0 Å². The van der Waals surface area contributed by atoms with Crippen LogP contribution in [0.2, 0.25) is 0 Å². The smallest absolute Gasteiger partial charge is 0.478 e. The summed E-state index contributed by atoms with van der Waals surface area (Å²) in [6.45, 7) is 2.76. The average Bonchev–Trinajstić information content (AvgIpc) is 2.21. The number of alkyl halides is 3. The number of nitrogens with zero attached hydrogens (tertiary/aromatic N) is 1. The molecule has 0 atom stereocenters. The Kier molecular flexibility index (Phi) is 5.19. The standard InChI is InChI=1S/C11H12F3NO3S/c1-6-5-7(2)15-9(8(6)10(16)17)19-4-3-18-11(12,13)14/h5H,3-4H2,1-2H3,(H,16,17). The molecule has 106 valence electrons. The van der Waals surface area contributed by atoms with Crippen LogP contribution in [-0.2, 0) is 4.74 Å². The molecule has 0 radical (unpaired) electrons. The van der Waals surface area contributed by atoms with E-state index in [1.165, 1.54) is 0 Å². The summed E-state index contributed by atoms with van der Waals surface area (Å²) in [5.74, 6) is -1.18. The Bertz CT molecular complexity index is 477. The molecule has 0 saturated carbocycles. The number of pyridine rings is 1. The first-order valence-corrected chi connectivity index (χ1v) is 6.24. The maximum atomic E-state index is 11.8. The van der Waals surface area contributed by atoms with E-state index in [2.05, 4.69) is 9.72 Å². The minimum absolute atomic E-state index is 0.0163. The van der Waals surface area contributed by atoms with Crippen molar-refractivity contribution in [1.29, 1.82) is 0 Å². The number of rotatable bonds is 5. The maximum absolute atomic E-state index is 11.8. The summed E-state index contributed by atoms with van der Waals surface area (Å²) in [4.78, 5) is 15.1. The highest BCUT2D eigenvalue weighted by Crippen LogP contribution is 2.25. The predicted octanol–water partition coefficient (Wildman–Crippen LogP) is 3.03. The lowest BCUT2D eigenvalue weighted by atomic mass is 10.1. The van der Waals surface area contributed by atoms with E-state index in [-0.39, 0.29) is 16.3 Å². The van der Waals surface area contributed by atoms with Crippen molar-refractivity contribution < 1.29 is 27.8 Å². The van der Waals surface area contributed by atoms with Crippen LogP contribution < -0.4 is 0 Å². The number of halogens is 3. The van der Waals surface area contributed by atoms with Gasteiger partial charge < -0.3 is 5.11 Å². The van der Waals surface area contributed by atoms with E-state index in [0.717, 1.165) is 11.8 Å². The minimum atomic E-state index is -4.67. The van der Waals surface area contributed by atoms with Gasteiger partial charge in [-0.15, -0.1) is 24.9 Å². The number of carbonyl (C=O) groups is 1. The number of hydrogen-bond donors (Lipinski definition) is 1. The van der Waals surface area contributed by atoms with Gasteiger partial charge in [0.25, 0.3) is 0 Å². The molecule has 0 amide bonds. The summed E-state index contributed by atoms with van der Waals surface area (Å²) in [6.07, 6.45) is -4.67. The number of aryl methyl sites for hydroxylation is 2. The minimum Gasteiger partial charge on any atom is -0.478 e. The van der Waals surface area contributed by atoms with Crippen molar-refractivity contribution in [3.05, 3.63) is 22.9 Å². The Morgan fingerprint density at radius 3 is 2.63 bits per heavy atom. The molecular weight excluding hydrogens is 283 g/mol. The number of aromatic nitrogens is 1. The number of carboxylic acid groups (broad SMARTS) is 1. The van der Waals surface area contributed by atoms with Gasteiger partial charge in [-0.1, -0.05) is 0 Å². The second-order valence-corrected chi connectivity index (χ2v) is 4.79. The molecule has 1 N–H and O–H groups in total. The summed E-state index contributed by atoms with van der Waals surface area (Å²) in [7, 11) is 0. The lowest BCUT2D eigenvalue weighted by Gasteiger charge is -2.10. The predicted molar refractivity (Wildman–Crippen MR) is 63.4 cm³/mol. The molecule has 8 heteroatoms. The lowest BCUT2D eigenvalue weighted by molar-refractivity contribution is -0.322. The number of carboxylic acids is 1. The molecule has 0 aromatic carbocycles. The topological polar surface area (TPSA) is 59.4 Å². The van der Waals surface area contributed by atoms with Crippen molar-refractivity contribution in [2.24, 2.45) is 0 Å². The van der Waals surface area contributed by atoms with E-state index in [1.54, 1.807) is 19.9 Å². The van der Waals surface area contributed by atoms with Gasteiger partial charge in [-0.3, -0.25) is 4.74 Å². The number of aromatic carboxylic acids is 1. The van der Waals surface area contributed by atoms with Gasteiger partial charge in [-0.25, -0.2) is 9.78 Å². The molecule has 0 fully saturated rings. The first kappa shape index (κ1) is 15.8. The van der Waals surface area contributed by atoms with Crippen LogP contribution in [0, 0.1) is 13.8 Å². The molecule has 1 aromatic rings. The molecular formula is C11H12F3NO3S. The van der Waals surface area contributed by atoms with E-state index in [1.807, 2.05) is 0 Å². The third kappa shape index (κ3) is 5.07. The highest BCUT2D eigenvalue weighted by atomic mass is 32.2. The monoisotopic (exact) mass is 295 g/mol. The molecule has 0 spiro atoms. The van der Waals surface area contributed by atoms with Crippen LogP contribution in [0.4, 0.5) is 13.2 Å². The normalized spacial score (nSPS) is 11.6. The Morgan fingerprint density at radius 1 is 1.47 bits per heavy atom. The zero-order valence-electron chi connectivity index (χ0n) is 10.2. The third-order valence-electron chi connectivity index (χ3n) is 2.11. The van der Waals surface area contributed by atoms with Crippen LogP contribution in [0.5, 0.6) is 0 Å². The van der Waals surface area contributed by atoms with E-state index in [9.17, 15) is 18.0 Å². The lowest BCUT2D eigenvalue weighted by Crippen LogP contribution is -2.15. The summed E-state index contributed by atoms with van der Waals surface area (Å²) in [6, 6.07) is 1.61. The second kappa shape index (κ2) is 6.25. The Hall–Kier alpha value is -1.28. The molecule has 19 heavy (non-hydrogen) atoms. The van der Waals surface area contributed by atoms with Crippen molar-refractivity contribution in [2.75, 3.05) is 12.4 Å². The molecule has 0 bridgehead atoms. The van der Waals surface area contributed by atoms with Gasteiger partial charge in [0.05, 0.1) is 12.2 Å². The summed E-state index contributed by atoms with van der Waals surface area (Å²) in [5, 5.41) is 9.26. The summed E-state index contributed by atoms with van der Waals surface area (Å²) < 4.78 is 38.9. The van der Waals surface area contributed by atoms with Crippen LogP contribution in [0.3, 0.4) is 0 Å². The molecule has 4 nitrogen and oxygen atoms in total. The SMILES string of the molecule is Cc1cc(C)c(C(=O)O)c(SCCOC(F)(F)F)n1. The second-order valence-electron chi connectivity index (χ2n) is 3.71. The van der Waals surface area contributed by atoms with Crippen LogP contribution in [0.15, 0.2) is 11.1 Å². The molecule has 1 heterocycles. The number of thioether (sulfide) groups is 1. The molecule has 0 aliphatic heterocycles. The summed E-state index contributed by atoms with van der Waals surface area (Å²) >= 11 is 0.927. The van der Waals surface area contributed by atoms with E-state index in [0.29, 0.717) is 11.3 Å². The van der Waals surface area contributed by atoms with Gasteiger partial charge in [0.1, 0.15) is 5.03 Å². The Labute approximate surface area is 112 Å². The molecule has 1 rings (SSSR count). The van der Waals surface area contributed by atoms with E-state index < -0.39 is 18.9 Å². The van der Waals surface area contributed by atoms with Crippen molar-refractivity contribution in [1.82, 2.24) is 4.98 Å². The van der Waals surface area contributed by atoms with E-state index in [4.69, 9.17) is 5.11 Å². The highest BCUT2D eigenvalue weighted by molar-refractivity contribution is 7.99. The highest BCUT2D eigenvalue weighted by Gasteiger charge is 2.28. The largest absolute Gasteiger partial charge is 0.522 e. The third-order valence-corrected chi connectivity index (χ3v) is 3.05. The summed E-state index contributed by atoms with van der Waals surface area (Å²) in [5.41, 5.74) is 1.16. The maximum Gasteiger partial charge on any atom is 0.522 e. The van der Waals surface area contributed by atoms with Crippen molar-refractivity contribution in [3.63, 3.8) is 0 Å². The zero-order valence-corrected chi connectivity index (χ0v) is 11.1. The van der Waals surface area contributed by atoms with Crippen molar-refractivity contribution >= 4 is 17.7 Å². The average molecular weight is 295 g/mol. The first-order valence-electron chi connectivity index (χ1n) is 5.25.